The van der Waals surface area contributed by atoms with Gasteiger partial charge >= 0.3 is 0 Å². The van der Waals surface area contributed by atoms with E-state index in [0.717, 1.165) is 23.6 Å². The Morgan fingerprint density at radius 1 is 1.35 bits per heavy atom. The van der Waals surface area contributed by atoms with Crippen LogP contribution in [0.4, 0.5) is 0 Å². The maximum atomic E-state index is 12.5. The molecule has 0 aliphatic heterocycles. The van der Waals surface area contributed by atoms with Crippen LogP contribution in [0.15, 0.2) is 12.3 Å². The molecule has 0 fully saturated rings. The van der Waals surface area contributed by atoms with E-state index in [9.17, 15) is 4.79 Å². The zero-order chi connectivity index (χ0) is 14.9. The number of aryl methyl sites for hydroxylation is 3. The minimum Gasteiger partial charge on any atom is -0.336 e. The predicted molar refractivity (Wildman–Crippen MR) is 76.4 cm³/mol. The predicted octanol–water partition coefficient (Wildman–Crippen LogP) is 1.53. The summed E-state index contributed by atoms with van der Waals surface area (Å²) < 4.78 is 3.59. The van der Waals surface area contributed by atoms with Gasteiger partial charge < -0.3 is 4.90 Å². The second kappa shape index (κ2) is 5.48. The Morgan fingerprint density at radius 2 is 2.05 bits per heavy atom. The van der Waals surface area contributed by atoms with Crippen LogP contribution in [0.1, 0.15) is 34.4 Å². The smallest absolute Gasteiger partial charge is 0.257 e. The Bertz CT molecular complexity index is 626. The first-order chi connectivity index (χ1) is 9.43. The summed E-state index contributed by atoms with van der Waals surface area (Å²) in [6.45, 7) is 7.14. The molecule has 0 unspecified atom stereocenters. The topological polar surface area (TPSA) is 56.0 Å². The molecule has 0 atom stereocenters. The van der Waals surface area contributed by atoms with E-state index in [4.69, 9.17) is 0 Å². The monoisotopic (exact) mass is 275 g/mol. The highest BCUT2D eigenvalue weighted by Gasteiger charge is 2.21. The van der Waals surface area contributed by atoms with Crippen LogP contribution in [0.3, 0.4) is 0 Å². The summed E-state index contributed by atoms with van der Waals surface area (Å²) in [6.07, 6.45) is 1.92. The largest absolute Gasteiger partial charge is 0.336 e. The number of aromatic nitrogens is 4. The fourth-order valence-electron chi connectivity index (χ4n) is 2.25. The Balaban J connectivity index is 2.16. The van der Waals surface area contributed by atoms with Crippen molar-refractivity contribution < 1.29 is 4.79 Å². The fraction of sp³-hybridized carbons (Fsp3) is 0.500. The van der Waals surface area contributed by atoms with Gasteiger partial charge in [-0.15, -0.1) is 0 Å². The van der Waals surface area contributed by atoms with Crippen molar-refractivity contribution in [3.63, 3.8) is 0 Å². The van der Waals surface area contributed by atoms with Crippen LogP contribution in [0.5, 0.6) is 0 Å². The molecule has 0 N–H and O–H groups in total. The molecule has 20 heavy (non-hydrogen) atoms. The minimum absolute atomic E-state index is 0.0147. The average molecular weight is 275 g/mol. The zero-order valence-electron chi connectivity index (χ0n) is 12.7. The van der Waals surface area contributed by atoms with E-state index >= 15 is 0 Å². The average Bonchev–Trinajstić information content (AvgIpc) is 2.95. The molecule has 0 bridgehead atoms. The number of rotatable bonds is 4. The lowest BCUT2D eigenvalue weighted by atomic mass is 10.1. The van der Waals surface area contributed by atoms with E-state index in [-0.39, 0.29) is 5.91 Å². The first-order valence-corrected chi connectivity index (χ1v) is 6.72. The number of carbonyl (C=O) groups excluding carboxylic acids is 1. The summed E-state index contributed by atoms with van der Waals surface area (Å²) in [4.78, 5) is 14.2. The van der Waals surface area contributed by atoms with Gasteiger partial charge in [0.05, 0.1) is 23.5 Å². The Morgan fingerprint density at radius 3 is 2.55 bits per heavy atom. The van der Waals surface area contributed by atoms with Crippen molar-refractivity contribution in [1.29, 1.82) is 0 Å². The van der Waals surface area contributed by atoms with Crippen LogP contribution < -0.4 is 0 Å². The zero-order valence-corrected chi connectivity index (χ0v) is 12.7. The molecule has 0 radical (unpaired) electrons. The maximum Gasteiger partial charge on any atom is 0.257 e. The summed E-state index contributed by atoms with van der Waals surface area (Å²) in [5, 5.41) is 8.68. The quantitative estimate of drug-likeness (QED) is 0.850. The molecule has 2 rings (SSSR count). The highest BCUT2D eigenvalue weighted by atomic mass is 16.2. The Kier molecular flexibility index (Phi) is 3.92. The van der Waals surface area contributed by atoms with E-state index < -0.39 is 0 Å². The van der Waals surface area contributed by atoms with Crippen LogP contribution in [-0.4, -0.2) is 37.4 Å². The third kappa shape index (κ3) is 2.59. The minimum atomic E-state index is -0.0147. The standard InChI is InChI=1S/C14H21N5O/c1-6-19-8-7-12(16-19)9-17(4)14(20)13-10(2)15-18(5)11(13)3/h7-8H,6,9H2,1-5H3. The molecule has 0 aliphatic rings. The van der Waals surface area contributed by atoms with Gasteiger partial charge in [-0.25, -0.2) is 0 Å². The van der Waals surface area contributed by atoms with Gasteiger partial charge in [-0.3, -0.25) is 14.2 Å². The molecule has 0 aromatic carbocycles. The van der Waals surface area contributed by atoms with Crippen molar-refractivity contribution in [3.05, 3.63) is 34.9 Å². The van der Waals surface area contributed by atoms with Gasteiger partial charge in [-0.2, -0.15) is 10.2 Å². The molecule has 0 saturated carbocycles. The third-order valence-electron chi connectivity index (χ3n) is 3.49. The van der Waals surface area contributed by atoms with Gasteiger partial charge in [0.2, 0.25) is 0 Å². The first-order valence-electron chi connectivity index (χ1n) is 6.72. The molecule has 0 saturated heterocycles. The second-order valence-electron chi connectivity index (χ2n) is 4.99. The molecule has 1 amide bonds. The van der Waals surface area contributed by atoms with Crippen molar-refractivity contribution >= 4 is 5.91 Å². The molecular weight excluding hydrogens is 254 g/mol. The van der Waals surface area contributed by atoms with Crippen molar-refractivity contribution in [3.8, 4) is 0 Å². The lowest BCUT2D eigenvalue weighted by molar-refractivity contribution is 0.0781. The number of amides is 1. The third-order valence-corrected chi connectivity index (χ3v) is 3.49. The van der Waals surface area contributed by atoms with Crippen LogP contribution in [0, 0.1) is 13.8 Å². The summed E-state index contributed by atoms with van der Waals surface area (Å²) >= 11 is 0. The molecular formula is C14H21N5O. The van der Waals surface area contributed by atoms with Crippen LogP contribution in [0.2, 0.25) is 0 Å². The van der Waals surface area contributed by atoms with Crippen molar-refractivity contribution in [2.45, 2.75) is 33.9 Å². The lowest BCUT2D eigenvalue weighted by Gasteiger charge is -2.16. The molecule has 2 heterocycles. The van der Waals surface area contributed by atoms with Crippen LogP contribution in [0.25, 0.3) is 0 Å². The number of hydrogen-bond donors (Lipinski definition) is 0. The van der Waals surface area contributed by atoms with Gasteiger partial charge in [0.15, 0.2) is 0 Å². The van der Waals surface area contributed by atoms with Crippen LogP contribution >= 0.6 is 0 Å². The SMILES string of the molecule is CCn1ccc(CN(C)C(=O)c2c(C)nn(C)c2C)n1. The van der Waals surface area contributed by atoms with Crippen molar-refractivity contribution in [2.75, 3.05) is 7.05 Å². The van der Waals surface area contributed by atoms with Gasteiger partial charge in [0.1, 0.15) is 0 Å². The highest BCUT2D eigenvalue weighted by molar-refractivity contribution is 5.96. The summed E-state index contributed by atoms with van der Waals surface area (Å²) in [6, 6.07) is 1.94. The molecule has 108 valence electrons. The Hall–Kier alpha value is -2.11. The number of hydrogen-bond acceptors (Lipinski definition) is 3. The molecule has 2 aromatic rings. The normalized spacial score (nSPS) is 10.8. The van der Waals surface area contributed by atoms with Crippen molar-refractivity contribution in [2.24, 2.45) is 7.05 Å². The number of carbonyl (C=O) groups is 1. The molecule has 0 spiro atoms. The van der Waals surface area contributed by atoms with Gasteiger partial charge in [-0.05, 0) is 26.8 Å². The fourth-order valence-corrected chi connectivity index (χ4v) is 2.25. The maximum absolute atomic E-state index is 12.5. The van der Waals surface area contributed by atoms with E-state index in [1.807, 2.05) is 44.8 Å². The van der Waals surface area contributed by atoms with Crippen molar-refractivity contribution in [1.82, 2.24) is 24.5 Å². The summed E-state index contributed by atoms with van der Waals surface area (Å²) in [5.41, 5.74) is 3.23. The van der Waals surface area contributed by atoms with E-state index in [1.165, 1.54) is 0 Å². The summed E-state index contributed by atoms with van der Waals surface area (Å²) in [5.74, 6) is -0.0147. The Labute approximate surface area is 119 Å². The van der Waals surface area contributed by atoms with E-state index in [2.05, 4.69) is 10.2 Å². The summed E-state index contributed by atoms with van der Waals surface area (Å²) in [7, 11) is 3.64. The molecule has 0 aliphatic carbocycles. The van der Waals surface area contributed by atoms with E-state index in [0.29, 0.717) is 12.1 Å². The molecule has 6 nitrogen and oxygen atoms in total. The van der Waals surface area contributed by atoms with Crippen LogP contribution in [-0.2, 0) is 20.1 Å². The molecule has 2 aromatic heterocycles. The highest BCUT2D eigenvalue weighted by Crippen LogP contribution is 2.15. The molecule has 6 heteroatoms. The van der Waals surface area contributed by atoms with Gasteiger partial charge in [0.25, 0.3) is 5.91 Å². The number of nitrogens with zero attached hydrogens (tertiary/aromatic N) is 5. The van der Waals surface area contributed by atoms with Gasteiger partial charge in [-0.1, -0.05) is 0 Å². The second-order valence-corrected chi connectivity index (χ2v) is 4.99. The first kappa shape index (κ1) is 14.3. The van der Waals surface area contributed by atoms with Gasteiger partial charge in [0, 0.05) is 32.5 Å². The van der Waals surface area contributed by atoms with E-state index in [1.54, 1.807) is 16.6 Å². The lowest BCUT2D eigenvalue weighted by Crippen LogP contribution is -2.27.